The number of methoxy groups -OCH3 is 1. The zero-order chi connectivity index (χ0) is 9.97. The van der Waals surface area contributed by atoms with Crippen LogP contribution >= 0.6 is 0 Å². The van der Waals surface area contributed by atoms with E-state index in [2.05, 4.69) is 0 Å². The molecule has 0 bridgehead atoms. The van der Waals surface area contributed by atoms with E-state index in [0.717, 1.165) is 16.3 Å². The van der Waals surface area contributed by atoms with Crippen molar-refractivity contribution in [3.05, 3.63) is 48.0 Å². The van der Waals surface area contributed by atoms with Crippen molar-refractivity contribution >= 4 is 10.8 Å². The van der Waals surface area contributed by atoms with Crippen LogP contribution in [0.1, 0.15) is 11.9 Å². The van der Waals surface area contributed by atoms with Crippen LogP contribution in [0.25, 0.3) is 10.8 Å². The molecule has 0 aliphatic rings. The molecular weight excluding hydrogens is 176 g/mol. The van der Waals surface area contributed by atoms with E-state index in [-0.39, 0.29) is 0 Å². The van der Waals surface area contributed by atoms with E-state index < -0.39 is 6.29 Å². The topological polar surface area (TPSA) is 29.5 Å². The Morgan fingerprint density at radius 3 is 2.57 bits per heavy atom. The minimum atomic E-state index is -0.846. The number of aliphatic hydroxyl groups excluding tert-OH is 1. The Morgan fingerprint density at radius 2 is 1.79 bits per heavy atom. The first-order chi connectivity index (χ1) is 6.83. The molecule has 2 aromatic rings. The molecule has 1 N–H and O–H groups in total. The summed E-state index contributed by atoms with van der Waals surface area (Å²) in [7, 11) is 1.49. The standard InChI is InChI=1S/C12H12O2/c1-14-12(13)11-8-4-6-9-5-2-3-7-10(9)11/h2-8,12-13H,1H3. The van der Waals surface area contributed by atoms with Crippen LogP contribution in [0.15, 0.2) is 42.5 Å². The fraction of sp³-hybridized carbons (Fsp3) is 0.167. The summed E-state index contributed by atoms with van der Waals surface area (Å²) in [6.07, 6.45) is -0.846. The van der Waals surface area contributed by atoms with Gasteiger partial charge in [0, 0.05) is 12.7 Å². The van der Waals surface area contributed by atoms with Crippen LogP contribution < -0.4 is 0 Å². The number of rotatable bonds is 2. The molecule has 2 heteroatoms. The van der Waals surface area contributed by atoms with E-state index in [0.29, 0.717) is 0 Å². The van der Waals surface area contributed by atoms with Gasteiger partial charge in [-0.15, -0.1) is 0 Å². The summed E-state index contributed by atoms with van der Waals surface area (Å²) < 4.78 is 4.90. The van der Waals surface area contributed by atoms with E-state index in [4.69, 9.17) is 4.74 Å². The van der Waals surface area contributed by atoms with Crippen molar-refractivity contribution in [2.45, 2.75) is 6.29 Å². The predicted octanol–water partition coefficient (Wildman–Crippen LogP) is 2.48. The highest BCUT2D eigenvalue weighted by Gasteiger charge is 2.08. The Balaban J connectivity index is 2.65. The number of hydrogen-bond acceptors (Lipinski definition) is 2. The van der Waals surface area contributed by atoms with Gasteiger partial charge in [0.05, 0.1) is 0 Å². The van der Waals surface area contributed by atoms with Crippen LogP contribution in [0.2, 0.25) is 0 Å². The molecule has 0 amide bonds. The zero-order valence-electron chi connectivity index (χ0n) is 7.97. The molecule has 0 aliphatic carbocycles. The third-order valence-corrected chi connectivity index (χ3v) is 2.31. The van der Waals surface area contributed by atoms with Gasteiger partial charge in [0.1, 0.15) is 0 Å². The summed E-state index contributed by atoms with van der Waals surface area (Å²) >= 11 is 0. The fourth-order valence-corrected chi connectivity index (χ4v) is 1.59. The average molecular weight is 188 g/mol. The highest BCUT2D eigenvalue weighted by atomic mass is 16.6. The Bertz CT molecular complexity index is 432. The Morgan fingerprint density at radius 1 is 1.07 bits per heavy atom. The molecular formula is C12H12O2. The van der Waals surface area contributed by atoms with Crippen LogP contribution in [-0.2, 0) is 4.74 Å². The van der Waals surface area contributed by atoms with Crippen molar-refractivity contribution in [3.8, 4) is 0 Å². The fourth-order valence-electron chi connectivity index (χ4n) is 1.59. The molecule has 0 aromatic heterocycles. The molecule has 0 aliphatic heterocycles. The third kappa shape index (κ3) is 1.50. The minimum Gasteiger partial charge on any atom is -0.364 e. The smallest absolute Gasteiger partial charge is 0.181 e. The van der Waals surface area contributed by atoms with Gasteiger partial charge in [-0.25, -0.2) is 0 Å². The number of hydrogen-bond donors (Lipinski definition) is 1. The van der Waals surface area contributed by atoms with Gasteiger partial charge in [0.2, 0.25) is 0 Å². The lowest BCUT2D eigenvalue weighted by Crippen LogP contribution is -1.99. The van der Waals surface area contributed by atoms with Crippen molar-refractivity contribution < 1.29 is 9.84 Å². The van der Waals surface area contributed by atoms with Gasteiger partial charge in [-0.2, -0.15) is 0 Å². The number of fused-ring (bicyclic) bond motifs is 1. The zero-order valence-corrected chi connectivity index (χ0v) is 7.97. The molecule has 0 heterocycles. The summed E-state index contributed by atoms with van der Waals surface area (Å²) in [5, 5.41) is 11.7. The molecule has 0 spiro atoms. The molecule has 14 heavy (non-hydrogen) atoms. The summed E-state index contributed by atoms with van der Waals surface area (Å²) in [5.41, 5.74) is 0.811. The number of ether oxygens (including phenoxy) is 1. The highest BCUT2D eigenvalue weighted by molar-refractivity contribution is 5.85. The van der Waals surface area contributed by atoms with E-state index in [1.165, 1.54) is 7.11 Å². The number of benzene rings is 2. The van der Waals surface area contributed by atoms with Gasteiger partial charge in [-0.3, -0.25) is 0 Å². The molecule has 2 nitrogen and oxygen atoms in total. The van der Waals surface area contributed by atoms with E-state index in [1.54, 1.807) is 0 Å². The van der Waals surface area contributed by atoms with Crippen molar-refractivity contribution in [3.63, 3.8) is 0 Å². The molecule has 0 saturated carbocycles. The lowest BCUT2D eigenvalue weighted by Gasteiger charge is -2.11. The quantitative estimate of drug-likeness (QED) is 0.733. The SMILES string of the molecule is COC(O)c1cccc2ccccc12. The maximum Gasteiger partial charge on any atom is 0.181 e. The van der Waals surface area contributed by atoms with Gasteiger partial charge in [0.25, 0.3) is 0 Å². The second-order valence-electron chi connectivity index (χ2n) is 3.16. The lowest BCUT2D eigenvalue weighted by molar-refractivity contribution is -0.0758. The predicted molar refractivity (Wildman–Crippen MR) is 55.9 cm³/mol. The average Bonchev–Trinajstić information content (AvgIpc) is 2.27. The highest BCUT2D eigenvalue weighted by Crippen LogP contribution is 2.24. The molecule has 1 atom stereocenters. The molecule has 2 rings (SSSR count). The molecule has 0 saturated heterocycles. The maximum atomic E-state index is 9.61. The largest absolute Gasteiger partial charge is 0.364 e. The van der Waals surface area contributed by atoms with Gasteiger partial charge in [-0.1, -0.05) is 42.5 Å². The van der Waals surface area contributed by atoms with Gasteiger partial charge in [0.15, 0.2) is 6.29 Å². The Labute approximate surface area is 82.8 Å². The van der Waals surface area contributed by atoms with Crippen LogP contribution in [0.4, 0.5) is 0 Å². The van der Waals surface area contributed by atoms with Gasteiger partial charge >= 0.3 is 0 Å². The molecule has 0 fully saturated rings. The van der Waals surface area contributed by atoms with E-state index >= 15 is 0 Å². The van der Waals surface area contributed by atoms with E-state index in [1.807, 2.05) is 42.5 Å². The van der Waals surface area contributed by atoms with Crippen LogP contribution in [0.5, 0.6) is 0 Å². The van der Waals surface area contributed by atoms with E-state index in [9.17, 15) is 5.11 Å². The normalized spacial score (nSPS) is 13.0. The molecule has 0 radical (unpaired) electrons. The number of aliphatic hydroxyl groups is 1. The summed E-state index contributed by atoms with van der Waals surface area (Å²) in [6.45, 7) is 0. The van der Waals surface area contributed by atoms with Crippen molar-refractivity contribution in [2.24, 2.45) is 0 Å². The summed E-state index contributed by atoms with van der Waals surface area (Å²) in [4.78, 5) is 0. The first-order valence-electron chi connectivity index (χ1n) is 4.51. The third-order valence-electron chi connectivity index (χ3n) is 2.31. The van der Waals surface area contributed by atoms with Crippen molar-refractivity contribution in [1.29, 1.82) is 0 Å². The van der Waals surface area contributed by atoms with Crippen LogP contribution in [-0.4, -0.2) is 12.2 Å². The summed E-state index contributed by atoms with van der Waals surface area (Å²) in [6, 6.07) is 13.7. The molecule has 72 valence electrons. The first-order valence-corrected chi connectivity index (χ1v) is 4.51. The maximum absolute atomic E-state index is 9.61. The Kier molecular flexibility index (Phi) is 2.48. The Hall–Kier alpha value is -1.38. The van der Waals surface area contributed by atoms with Gasteiger partial charge < -0.3 is 9.84 Å². The minimum absolute atomic E-state index is 0.811. The van der Waals surface area contributed by atoms with Crippen molar-refractivity contribution in [1.82, 2.24) is 0 Å². The monoisotopic (exact) mass is 188 g/mol. The van der Waals surface area contributed by atoms with Crippen LogP contribution in [0.3, 0.4) is 0 Å². The van der Waals surface area contributed by atoms with Crippen LogP contribution in [0, 0.1) is 0 Å². The lowest BCUT2D eigenvalue weighted by atomic mass is 10.0. The summed E-state index contributed by atoms with van der Waals surface area (Å²) in [5.74, 6) is 0. The second kappa shape index (κ2) is 3.78. The first kappa shape index (κ1) is 9.19. The van der Waals surface area contributed by atoms with Gasteiger partial charge in [-0.05, 0) is 10.8 Å². The second-order valence-corrected chi connectivity index (χ2v) is 3.16. The van der Waals surface area contributed by atoms with Crippen molar-refractivity contribution in [2.75, 3.05) is 7.11 Å². The molecule has 2 aromatic carbocycles. The molecule has 1 unspecified atom stereocenters.